The maximum absolute atomic E-state index is 12.3. The van der Waals surface area contributed by atoms with Crippen molar-refractivity contribution in [2.45, 2.75) is 59.0 Å². The molecule has 1 N–H and O–H groups in total. The largest absolute Gasteiger partial charge is 0.464 e. The topological polar surface area (TPSA) is 71.5 Å². The van der Waals surface area contributed by atoms with Gasteiger partial charge in [0.1, 0.15) is 6.04 Å². The monoisotopic (exact) mass is 341 g/mol. The van der Waals surface area contributed by atoms with Gasteiger partial charge in [0.15, 0.2) is 0 Å². The molecule has 0 aliphatic rings. The van der Waals surface area contributed by atoms with Crippen molar-refractivity contribution < 1.29 is 14.3 Å². The molecular formula is C16H27N3O3S. The molecule has 0 bridgehead atoms. The molecule has 0 saturated heterocycles. The molecule has 1 aromatic rings. The predicted octanol–water partition coefficient (Wildman–Crippen LogP) is 3.14. The Morgan fingerprint density at radius 2 is 2.09 bits per heavy atom. The minimum atomic E-state index is -0.600. The van der Waals surface area contributed by atoms with Gasteiger partial charge in [0.05, 0.1) is 23.9 Å². The first-order chi connectivity index (χ1) is 10.9. The van der Waals surface area contributed by atoms with Crippen LogP contribution in [0.2, 0.25) is 0 Å². The van der Waals surface area contributed by atoms with Crippen LogP contribution in [0.3, 0.4) is 0 Å². The second-order valence-corrected chi connectivity index (χ2v) is 6.62. The SMILES string of the molecule is CCCC(NC(=O)N(C)Cc1csc(C(C)C)n1)C(=O)OCC. The van der Waals surface area contributed by atoms with E-state index in [0.717, 1.165) is 17.1 Å². The number of nitrogens with one attached hydrogen (secondary N) is 1. The van der Waals surface area contributed by atoms with Crippen LogP contribution in [-0.2, 0) is 16.1 Å². The molecule has 0 aliphatic carbocycles. The highest BCUT2D eigenvalue weighted by molar-refractivity contribution is 7.09. The van der Waals surface area contributed by atoms with Crippen molar-refractivity contribution in [1.29, 1.82) is 0 Å². The van der Waals surface area contributed by atoms with Crippen LogP contribution in [0.15, 0.2) is 5.38 Å². The number of urea groups is 1. The van der Waals surface area contributed by atoms with Gasteiger partial charge in [-0.25, -0.2) is 14.6 Å². The molecule has 7 heteroatoms. The standard InChI is InChI=1S/C16H27N3O3S/c1-6-8-13(15(20)22-7-2)18-16(21)19(5)9-12-10-23-14(17-12)11(3)4/h10-11,13H,6-9H2,1-5H3,(H,18,21). The van der Waals surface area contributed by atoms with Crippen molar-refractivity contribution in [2.75, 3.05) is 13.7 Å². The molecule has 6 nitrogen and oxygen atoms in total. The molecule has 0 radical (unpaired) electrons. The number of esters is 1. The highest BCUT2D eigenvalue weighted by Crippen LogP contribution is 2.19. The molecule has 1 unspecified atom stereocenters. The minimum absolute atomic E-state index is 0.296. The quantitative estimate of drug-likeness (QED) is 0.737. The molecule has 1 heterocycles. The molecule has 0 aromatic carbocycles. The van der Waals surface area contributed by atoms with Crippen LogP contribution in [0.5, 0.6) is 0 Å². The first kappa shape index (κ1) is 19.4. The summed E-state index contributed by atoms with van der Waals surface area (Å²) in [4.78, 5) is 30.2. The molecule has 1 atom stereocenters. The van der Waals surface area contributed by atoms with Crippen molar-refractivity contribution in [3.8, 4) is 0 Å². The van der Waals surface area contributed by atoms with Gasteiger partial charge in [-0.2, -0.15) is 0 Å². The van der Waals surface area contributed by atoms with Crippen LogP contribution in [0.1, 0.15) is 57.2 Å². The van der Waals surface area contributed by atoms with Crippen LogP contribution < -0.4 is 5.32 Å². The number of carbonyl (C=O) groups is 2. The van der Waals surface area contributed by atoms with Gasteiger partial charge in [0, 0.05) is 18.3 Å². The number of hydrogen-bond acceptors (Lipinski definition) is 5. The smallest absolute Gasteiger partial charge is 0.328 e. The van der Waals surface area contributed by atoms with Crippen molar-refractivity contribution >= 4 is 23.3 Å². The second-order valence-electron chi connectivity index (χ2n) is 5.73. The summed E-state index contributed by atoms with van der Waals surface area (Å²) in [5.74, 6) is -0.00233. The Labute approximate surface area is 142 Å². The minimum Gasteiger partial charge on any atom is -0.464 e. The van der Waals surface area contributed by atoms with E-state index in [-0.39, 0.29) is 12.0 Å². The van der Waals surface area contributed by atoms with E-state index < -0.39 is 6.04 Å². The van der Waals surface area contributed by atoms with Gasteiger partial charge in [-0.15, -0.1) is 11.3 Å². The highest BCUT2D eigenvalue weighted by atomic mass is 32.1. The van der Waals surface area contributed by atoms with Gasteiger partial charge in [0.25, 0.3) is 0 Å². The summed E-state index contributed by atoms with van der Waals surface area (Å²) in [6.45, 7) is 8.62. The van der Waals surface area contributed by atoms with Crippen LogP contribution in [0.4, 0.5) is 4.79 Å². The molecule has 0 aliphatic heterocycles. The Balaban J connectivity index is 2.61. The van der Waals surface area contributed by atoms with Gasteiger partial charge in [-0.05, 0) is 13.3 Å². The Kier molecular flexibility index (Phi) is 8.02. The number of hydrogen-bond donors (Lipinski definition) is 1. The Morgan fingerprint density at radius 3 is 2.61 bits per heavy atom. The number of thiazole rings is 1. The average Bonchev–Trinajstić information content (AvgIpc) is 2.95. The average molecular weight is 341 g/mol. The molecule has 130 valence electrons. The summed E-state index contributed by atoms with van der Waals surface area (Å²) < 4.78 is 5.00. The highest BCUT2D eigenvalue weighted by Gasteiger charge is 2.23. The fourth-order valence-corrected chi connectivity index (χ4v) is 2.84. The fourth-order valence-electron chi connectivity index (χ4n) is 2.01. The zero-order chi connectivity index (χ0) is 17.4. The van der Waals surface area contributed by atoms with Crippen molar-refractivity contribution in [3.05, 3.63) is 16.1 Å². The van der Waals surface area contributed by atoms with E-state index in [1.54, 1.807) is 25.3 Å². The van der Waals surface area contributed by atoms with E-state index in [4.69, 9.17) is 4.74 Å². The summed E-state index contributed by atoms with van der Waals surface area (Å²) in [5, 5.41) is 5.77. The van der Waals surface area contributed by atoms with Gasteiger partial charge < -0.3 is 15.0 Å². The van der Waals surface area contributed by atoms with Crippen molar-refractivity contribution in [2.24, 2.45) is 0 Å². The zero-order valence-electron chi connectivity index (χ0n) is 14.6. The number of aromatic nitrogens is 1. The normalized spacial score (nSPS) is 12.1. The third kappa shape index (κ3) is 6.17. The van der Waals surface area contributed by atoms with Crippen LogP contribution in [-0.4, -0.2) is 41.6 Å². The van der Waals surface area contributed by atoms with Crippen LogP contribution >= 0.6 is 11.3 Å². The van der Waals surface area contributed by atoms with Crippen molar-refractivity contribution in [1.82, 2.24) is 15.2 Å². The van der Waals surface area contributed by atoms with Crippen LogP contribution in [0.25, 0.3) is 0 Å². The van der Waals surface area contributed by atoms with Crippen LogP contribution in [0, 0.1) is 0 Å². The predicted molar refractivity (Wildman–Crippen MR) is 91.5 cm³/mol. The van der Waals surface area contributed by atoms with Gasteiger partial charge in [-0.3, -0.25) is 0 Å². The van der Waals surface area contributed by atoms with Gasteiger partial charge >= 0.3 is 12.0 Å². The molecular weight excluding hydrogens is 314 g/mol. The molecule has 2 amide bonds. The van der Waals surface area contributed by atoms with E-state index in [9.17, 15) is 9.59 Å². The summed E-state index contributed by atoms with van der Waals surface area (Å²) in [6, 6.07) is -0.896. The summed E-state index contributed by atoms with van der Waals surface area (Å²) in [7, 11) is 1.69. The summed E-state index contributed by atoms with van der Waals surface area (Å²) >= 11 is 1.60. The summed E-state index contributed by atoms with van der Waals surface area (Å²) in [6.07, 6.45) is 1.35. The lowest BCUT2D eigenvalue weighted by atomic mass is 10.2. The summed E-state index contributed by atoms with van der Waals surface area (Å²) in [5.41, 5.74) is 0.861. The van der Waals surface area contributed by atoms with Gasteiger partial charge in [0.2, 0.25) is 0 Å². The maximum atomic E-state index is 12.3. The zero-order valence-corrected chi connectivity index (χ0v) is 15.4. The first-order valence-electron chi connectivity index (χ1n) is 8.01. The lowest BCUT2D eigenvalue weighted by Gasteiger charge is -2.21. The number of amides is 2. The van der Waals surface area contributed by atoms with E-state index in [1.165, 1.54) is 4.90 Å². The molecule has 1 aromatic heterocycles. The molecule has 0 saturated carbocycles. The molecule has 0 fully saturated rings. The van der Waals surface area contributed by atoms with Crippen molar-refractivity contribution in [3.63, 3.8) is 0 Å². The molecule has 1 rings (SSSR count). The molecule has 23 heavy (non-hydrogen) atoms. The lowest BCUT2D eigenvalue weighted by Crippen LogP contribution is -2.47. The third-order valence-electron chi connectivity index (χ3n) is 3.26. The van der Waals surface area contributed by atoms with E-state index in [1.807, 2.05) is 12.3 Å². The van der Waals surface area contributed by atoms with Gasteiger partial charge in [-0.1, -0.05) is 27.2 Å². The lowest BCUT2D eigenvalue weighted by molar-refractivity contribution is -0.145. The number of rotatable bonds is 8. The number of ether oxygens (including phenoxy) is 1. The number of nitrogens with zero attached hydrogens (tertiary/aromatic N) is 2. The number of carbonyl (C=O) groups excluding carboxylic acids is 2. The van der Waals surface area contributed by atoms with E-state index >= 15 is 0 Å². The second kappa shape index (κ2) is 9.50. The Morgan fingerprint density at radius 1 is 1.39 bits per heavy atom. The fraction of sp³-hybridized carbons (Fsp3) is 0.688. The molecule has 0 spiro atoms. The van der Waals surface area contributed by atoms with E-state index in [2.05, 4.69) is 24.1 Å². The first-order valence-corrected chi connectivity index (χ1v) is 8.89. The maximum Gasteiger partial charge on any atom is 0.328 e. The Bertz CT molecular complexity index is 516. The Hall–Kier alpha value is -1.63. The third-order valence-corrected chi connectivity index (χ3v) is 4.45. The van der Waals surface area contributed by atoms with E-state index in [0.29, 0.717) is 25.5 Å².